The first-order valence-electron chi connectivity index (χ1n) is 5.77. The van der Waals surface area contributed by atoms with Crippen LogP contribution in [-0.4, -0.2) is 19.0 Å². The van der Waals surface area contributed by atoms with Crippen molar-refractivity contribution < 1.29 is 14.3 Å². The van der Waals surface area contributed by atoms with Gasteiger partial charge in [0, 0.05) is 9.13 Å². The van der Waals surface area contributed by atoms with Crippen molar-refractivity contribution in [2.45, 2.75) is 6.92 Å². The Labute approximate surface area is 134 Å². The summed E-state index contributed by atoms with van der Waals surface area (Å²) in [5.41, 5.74) is 1.38. The van der Waals surface area contributed by atoms with Gasteiger partial charge >= 0.3 is 5.97 Å². The smallest absolute Gasteiger partial charge is 0.348 e. The molecule has 2 aromatic rings. The predicted octanol–water partition coefficient (Wildman–Crippen LogP) is 3.70. The van der Waals surface area contributed by atoms with Crippen LogP contribution in [-0.2, 0) is 4.74 Å². The van der Waals surface area contributed by atoms with Crippen LogP contribution in [0.4, 0.5) is 5.00 Å². The van der Waals surface area contributed by atoms with Crippen LogP contribution in [0, 0.1) is 10.5 Å². The summed E-state index contributed by atoms with van der Waals surface area (Å²) in [5, 5.41) is 3.43. The number of methoxy groups -OCH3 is 1. The van der Waals surface area contributed by atoms with Gasteiger partial charge < -0.3 is 10.1 Å². The number of thiophene rings is 1. The minimum Gasteiger partial charge on any atom is -0.465 e. The number of carbonyl (C=O) groups is 2. The van der Waals surface area contributed by atoms with E-state index in [1.165, 1.54) is 18.4 Å². The van der Waals surface area contributed by atoms with Crippen molar-refractivity contribution in [3.63, 3.8) is 0 Å². The second-order valence-corrected chi connectivity index (χ2v) is 6.38. The molecular formula is C14H12INO3S. The van der Waals surface area contributed by atoms with Gasteiger partial charge in [-0.2, -0.15) is 0 Å². The minimum absolute atomic E-state index is 0.193. The predicted molar refractivity (Wildman–Crippen MR) is 87.5 cm³/mol. The first-order valence-corrected chi connectivity index (χ1v) is 7.66. The molecule has 20 heavy (non-hydrogen) atoms. The molecule has 0 aliphatic rings. The third-order valence-corrected chi connectivity index (χ3v) is 4.42. The van der Waals surface area contributed by atoms with Crippen molar-refractivity contribution >= 4 is 50.8 Å². The maximum atomic E-state index is 12.1. The second kappa shape index (κ2) is 6.36. The van der Waals surface area contributed by atoms with Gasteiger partial charge in [-0.1, -0.05) is 6.07 Å². The quantitative estimate of drug-likeness (QED) is 0.631. The van der Waals surface area contributed by atoms with Crippen molar-refractivity contribution in [2.75, 3.05) is 12.4 Å². The molecule has 0 unspecified atom stereocenters. The Morgan fingerprint density at radius 3 is 2.70 bits per heavy atom. The van der Waals surface area contributed by atoms with Gasteiger partial charge in [-0.05, 0) is 59.3 Å². The first kappa shape index (κ1) is 15.0. The molecule has 104 valence electrons. The van der Waals surface area contributed by atoms with Crippen LogP contribution in [0.3, 0.4) is 0 Å². The number of hydrogen-bond acceptors (Lipinski definition) is 4. The molecule has 0 aliphatic carbocycles. The van der Waals surface area contributed by atoms with Crippen molar-refractivity contribution in [3.05, 3.63) is 49.9 Å². The molecule has 4 nitrogen and oxygen atoms in total. The van der Waals surface area contributed by atoms with Crippen LogP contribution in [0.25, 0.3) is 0 Å². The number of nitrogens with one attached hydrogen (secondary N) is 1. The van der Waals surface area contributed by atoms with Crippen molar-refractivity contribution in [3.8, 4) is 0 Å². The Hall–Kier alpha value is -1.41. The fraction of sp³-hybridized carbons (Fsp3) is 0.143. The molecule has 0 aliphatic heterocycles. The number of esters is 1. The molecule has 6 heteroatoms. The van der Waals surface area contributed by atoms with E-state index in [1.54, 1.807) is 18.2 Å². The molecular weight excluding hydrogens is 389 g/mol. The topological polar surface area (TPSA) is 55.4 Å². The number of rotatable bonds is 3. The maximum absolute atomic E-state index is 12.1. The van der Waals surface area contributed by atoms with E-state index in [-0.39, 0.29) is 11.9 Å². The highest BCUT2D eigenvalue weighted by molar-refractivity contribution is 14.1. The van der Waals surface area contributed by atoms with Gasteiger partial charge in [-0.3, -0.25) is 4.79 Å². The standard InChI is InChI=1S/C14H12INO3S/c1-8-6-11(20-12(8)14(18)19-2)16-13(17)9-4-3-5-10(15)7-9/h3-7H,1-2H3,(H,16,17). The van der Waals surface area contributed by atoms with Gasteiger partial charge in [0.05, 0.1) is 12.1 Å². The van der Waals surface area contributed by atoms with Crippen molar-refractivity contribution in [1.82, 2.24) is 0 Å². The molecule has 0 atom stereocenters. The molecule has 0 bridgehead atoms. The van der Waals surface area contributed by atoms with Gasteiger partial charge in [-0.25, -0.2) is 4.79 Å². The second-order valence-electron chi connectivity index (χ2n) is 4.08. The number of benzene rings is 1. The summed E-state index contributed by atoms with van der Waals surface area (Å²) in [6.45, 7) is 1.81. The van der Waals surface area contributed by atoms with Gasteiger partial charge in [0.15, 0.2) is 0 Å². The number of ether oxygens (including phenoxy) is 1. The highest BCUT2D eigenvalue weighted by Crippen LogP contribution is 2.27. The highest BCUT2D eigenvalue weighted by Gasteiger charge is 2.15. The van der Waals surface area contributed by atoms with E-state index in [4.69, 9.17) is 4.74 Å². The third-order valence-electron chi connectivity index (χ3n) is 2.61. The lowest BCUT2D eigenvalue weighted by Gasteiger charge is -2.02. The van der Waals surface area contributed by atoms with E-state index in [1.807, 2.05) is 19.1 Å². The molecule has 0 radical (unpaired) electrons. The molecule has 0 spiro atoms. The summed E-state index contributed by atoms with van der Waals surface area (Å²) in [6, 6.07) is 9.07. The van der Waals surface area contributed by atoms with E-state index < -0.39 is 0 Å². The lowest BCUT2D eigenvalue weighted by atomic mass is 10.2. The Kier molecular flexibility index (Phi) is 4.77. The number of anilines is 1. The Balaban J connectivity index is 2.18. The summed E-state index contributed by atoms with van der Waals surface area (Å²) in [7, 11) is 1.34. The molecule has 0 fully saturated rings. The zero-order valence-corrected chi connectivity index (χ0v) is 13.9. The Bertz CT molecular complexity index is 666. The Morgan fingerprint density at radius 2 is 2.05 bits per heavy atom. The monoisotopic (exact) mass is 401 g/mol. The summed E-state index contributed by atoms with van der Waals surface area (Å²) < 4.78 is 5.69. The summed E-state index contributed by atoms with van der Waals surface area (Å²) in [5.74, 6) is -0.580. The van der Waals surface area contributed by atoms with E-state index in [0.717, 1.165) is 9.13 Å². The fourth-order valence-electron chi connectivity index (χ4n) is 1.65. The average Bonchev–Trinajstić information content (AvgIpc) is 2.78. The van der Waals surface area contributed by atoms with Crippen LogP contribution in [0.1, 0.15) is 25.6 Å². The maximum Gasteiger partial charge on any atom is 0.348 e. The SMILES string of the molecule is COC(=O)c1sc(NC(=O)c2cccc(I)c2)cc1C. The molecule has 1 N–H and O–H groups in total. The molecule has 2 rings (SSSR count). The van der Waals surface area contributed by atoms with Crippen molar-refractivity contribution in [1.29, 1.82) is 0 Å². The molecule has 1 aromatic heterocycles. The number of aryl methyl sites for hydroxylation is 1. The Morgan fingerprint density at radius 1 is 1.30 bits per heavy atom. The molecule has 0 saturated heterocycles. The molecule has 1 aromatic carbocycles. The van der Waals surface area contributed by atoms with Gasteiger partial charge in [0.1, 0.15) is 4.88 Å². The van der Waals surface area contributed by atoms with Crippen LogP contribution in [0.5, 0.6) is 0 Å². The van der Waals surface area contributed by atoms with Crippen LogP contribution in [0.15, 0.2) is 30.3 Å². The average molecular weight is 401 g/mol. The van der Waals surface area contributed by atoms with Crippen molar-refractivity contribution in [2.24, 2.45) is 0 Å². The summed E-state index contributed by atoms with van der Waals surface area (Å²) >= 11 is 3.37. The zero-order valence-electron chi connectivity index (χ0n) is 10.9. The van der Waals surface area contributed by atoms with Crippen LogP contribution >= 0.6 is 33.9 Å². The van der Waals surface area contributed by atoms with Gasteiger partial charge in [-0.15, -0.1) is 11.3 Å². The third kappa shape index (κ3) is 3.37. The number of halogens is 1. The number of carbonyl (C=O) groups excluding carboxylic acids is 2. The van der Waals surface area contributed by atoms with Crippen LogP contribution < -0.4 is 5.32 Å². The normalized spacial score (nSPS) is 10.2. The van der Waals surface area contributed by atoms with E-state index in [9.17, 15) is 9.59 Å². The highest BCUT2D eigenvalue weighted by atomic mass is 127. The minimum atomic E-state index is -0.387. The summed E-state index contributed by atoms with van der Waals surface area (Å²) in [4.78, 5) is 24.1. The molecule has 0 saturated carbocycles. The lowest BCUT2D eigenvalue weighted by Crippen LogP contribution is -2.10. The number of amides is 1. The zero-order chi connectivity index (χ0) is 14.7. The van der Waals surface area contributed by atoms with Gasteiger partial charge in [0.2, 0.25) is 0 Å². The largest absolute Gasteiger partial charge is 0.465 e. The molecule has 1 heterocycles. The number of hydrogen-bond donors (Lipinski definition) is 1. The fourth-order valence-corrected chi connectivity index (χ4v) is 3.18. The van der Waals surface area contributed by atoms with E-state index in [2.05, 4.69) is 27.9 Å². The van der Waals surface area contributed by atoms with Crippen LogP contribution in [0.2, 0.25) is 0 Å². The van der Waals surface area contributed by atoms with E-state index in [0.29, 0.717) is 15.4 Å². The molecule has 1 amide bonds. The van der Waals surface area contributed by atoms with E-state index >= 15 is 0 Å². The first-order chi connectivity index (χ1) is 9.51. The lowest BCUT2D eigenvalue weighted by molar-refractivity contribution is 0.0605. The van der Waals surface area contributed by atoms with Gasteiger partial charge in [0.25, 0.3) is 5.91 Å². The summed E-state index contributed by atoms with van der Waals surface area (Å²) in [6.07, 6.45) is 0.